The number of hydrogen-bond acceptors (Lipinski definition) is 6. The number of piperidine rings is 1. The number of rotatable bonds is 5. The van der Waals surface area contributed by atoms with Gasteiger partial charge in [-0.05, 0) is 37.7 Å². The highest BCUT2D eigenvalue weighted by Gasteiger charge is 2.25. The van der Waals surface area contributed by atoms with Gasteiger partial charge in [-0.1, -0.05) is 0 Å². The first-order valence-corrected chi connectivity index (χ1v) is 8.62. The van der Waals surface area contributed by atoms with Gasteiger partial charge in [0, 0.05) is 44.3 Å². The number of nitrogens with zero attached hydrogens (tertiary/aromatic N) is 5. The Kier molecular flexibility index (Phi) is 4.15. The molecule has 7 nitrogen and oxygen atoms in total. The second kappa shape index (κ2) is 6.59. The predicted octanol–water partition coefficient (Wildman–Crippen LogP) is 1.52. The van der Waals surface area contributed by atoms with Crippen LogP contribution >= 0.6 is 0 Å². The number of hydrogen-bond donors (Lipinski definition) is 1. The zero-order chi connectivity index (χ0) is 16.4. The summed E-state index contributed by atoms with van der Waals surface area (Å²) in [7, 11) is 0. The summed E-state index contributed by atoms with van der Waals surface area (Å²) in [6.45, 7) is 2.50. The van der Waals surface area contributed by atoms with Crippen molar-refractivity contribution in [1.82, 2.24) is 19.5 Å². The van der Waals surface area contributed by atoms with Gasteiger partial charge in [-0.15, -0.1) is 0 Å². The van der Waals surface area contributed by atoms with Crippen LogP contribution in [-0.2, 0) is 6.54 Å². The Bertz CT molecular complexity index is 734. The summed E-state index contributed by atoms with van der Waals surface area (Å²) in [6.07, 6.45) is 11.3. The van der Waals surface area contributed by atoms with Crippen LogP contribution in [-0.4, -0.2) is 38.7 Å². The molecular formula is C17H22N6O. The van der Waals surface area contributed by atoms with Gasteiger partial charge < -0.3 is 14.8 Å². The van der Waals surface area contributed by atoms with Crippen molar-refractivity contribution in [1.29, 1.82) is 0 Å². The topological polar surface area (TPSA) is 75.9 Å². The standard InChI is InChI=1S/C17H22N6O/c24-17-16(19-7-10-23(17)11-13-1-2-13)22-8-4-14(5-9-22)21-15-3-6-18-12-20-15/h3,6-7,10,12-14H,1-2,4-5,8-9,11H2,(H,18,20,21). The minimum Gasteiger partial charge on any atom is -0.367 e. The molecule has 1 saturated carbocycles. The fourth-order valence-corrected chi connectivity index (χ4v) is 3.20. The molecule has 2 fully saturated rings. The summed E-state index contributed by atoms with van der Waals surface area (Å²) in [5.74, 6) is 2.13. The average molecular weight is 326 g/mol. The van der Waals surface area contributed by atoms with Crippen LogP contribution in [0.3, 0.4) is 0 Å². The second-order valence-electron chi connectivity index (χ2n) is 6.65. The van der Waals surface area contributed by atoms with E-state index in [9.17, 15) is 4.79 Å². The largest absolute Gasteiger partial charge is 0.367 e. The predicted molar refractivity (Wildman–Crippen MR) is 92.1 cm³/mol. The SMILES string of the molecule is O=c1c(N2CCC(Nc3ccncn3)CC2)nccn1CC1CC1. The van der Waals surface area contributed by atoms with E-state index in [4.69, 9.17) is 0 Å². The lowest BCUT2D eigenvalue weighted by Crippen LogP contribution is -2.42. The van der Waals surface area contributed by atoms with E-state index in [1.54, 1.807) is 18.7 Å². The molecule has 126 valence electrons. The third-order valence-corrected chi connectivity index (χ3v) is 4.78. The third-order valence-electron chi connectivity index (χ3n) is 4.78. The van der Waals surface area contributed by atoms with Gasteiger partial charge in [-0.25, -0.2) is 15.0 Å². The fraction of sp³-hybridized carbons (Fsp3) is 0.529. The molecule has 1 saturated heterocycles. The van der Waals surface area contributed by atoms with Crippen LogP contribution in [0.25, 0.3) is 0 Å². The molecule has 0 bridgehead atoms. The molecule has 4 rings (SSSR count). The molecule has 24 heavy (non-hydrogen) atoms. The van der Waals surface area contributed by atoms with Gasteiger partial charge in [-0.3, -0.25) is 4.79 Å². The summed E-state index contributed by atoms with van der Waals surface area (Å²) < 4.78 is 1.82. The molecule has 0 spiro atoms. The highest BCUT2D eigenvalue weighted by atomic mass is 16.1. The summed E-state index contributed by atoms with van der Waals surface area (Å²) in [5, 5.41) is 3.43. The Morgan fingerprint density at radius 2 is 1.96 bits per heavy atom. The van der Waals surface area contributed by atoms with E-state index in [1.165, 1.54) is 12.8 Å². The van der Waals surface area contributed by atoms with E-state index in [1.807, 2.05) is 16.8 Å². The van der Waals surface area contributed by atoms with Crippen molar-refractivity contribution in [3.63, 3.8) is 0 Å². The molecule has 1 aliphatic carbocycles. The lowest BCUT2D eigenvalue weighted by Gasteiger charge is -2.33. The van der Waals surface area contributed by atoms with Gasteiger partial charge in [0.05, 0.1) is 0 Å². The van der Waals surface area contributed by atoms with Crippen LogP contribution in [0.1, 0.15) is 25.7 Å². The molecule has 0 atom stereocenters. The molecule has 3 heterocycles. The molecule has 0 radical (unpaired) electrons. The van der Waals surface area contributed by atoms with Crippen molar-refractivity contribution in [2.24, 2.45) is 5.92 Å². The molecule has 0 amide bonds. The highest BCUT2D eigenvalue weighted by molar-refractivity contribution is 5.38. The van der Waals surface area contributed by atoms with Crippen LogP contribution in [0.2, 0.25) is 0 Å². The molecule has 2 aromatic rings. The van der Waals surface area contributed by atoms with Gasteiger partial charge in [0.15, 0.2) is 5.82 Å². The quantitative estimate of drug-likeness (QED) is 0.898. The number of nitrogens with one attached hydrogen (secondary N) is 1. The molecule has 1 aliphatic heterocycles. The second-order valence-corrected chi connectivity index (χ2v) is 6.65. The summed E-state index contributed by atoms with van der Waals surface area (Å²) in [4.78, 5) is 27.2. The lowest BCUT2D eigenvalue weighted by atomic mass is 10.1. The summed E-state index contributed by atoms with van der Waals surface area (Å²) >= 11 is 0. The van der Waals surface area contributed by atoms with Crippen molar-refractivity contribution in [3.05, 3.63) is 41.3 Å². The van der Waals surface area contributed by atoms with E-state index >= 15 is 0 Å². The first-order chi connectivity index (χ1) is 11.8. The zero-order valence-electron chi connectivity index (χ0n) is 13.6. The van der Waals surface area contributed by atoms with Crippen LogP contribution in [0.15, 0.2) is 35.8 Å². The smallest absolute Gasteiger partial charge is 0.293 e. The van der Waals surface area contributed by atoms with Crippen LogP contribution in [0.4, 0.5) is 11.6 Å². The molecule has 7 heteroatoms. The molecule has 2 aromatic heterocycles. The number of aromatic nitrogens is 4. The lowest BCUT2D eigenvalue weighted by molar-refractivity contribution is 0.516. The van der Waals surface area contributed by atoms with Crippen molar-refractivity contribution in [2.45, 2.75) is 38.3 Å². The van der Waals surface area contributed by atoms with Gasteiger partial charge >= 0.3 is 0 Å². The van der Waals surface area contributed by atoms with Gasteiger partial charge in [-0.2, -0.15) is 0 Å². The van der Waals surface area contributed by atoms with Crippen molar-refractivity contribution in [3.8, 4) is 0 Å². The molecular weight excluding hydrogens is 304 g/mol. The molecule has 2 aliphatic rings. The minimum absolute atomic E-state index is 0.0478. The maximum atomic E-state index is 12.6. The normalized spacial score (nSPS) is 18.6. The maximum Gasteiger partial charge on any atom is 0.293 e. The van der Waals surface area contributed by atoms with E-state index in [-0.39, 0.29) is 5.56 Å². The Hall–Kier alpha value is -2.44. The summed E-state index contributed by atoms with van der Waals surface area (Å²) in [6, 6.07) is 2.25. The van der Waals surface area contributed by atoms with E-state index in [0.717, 1.165) is 38.3 Å². The highest BCUT2D eigenvalue weighted by Crippen LogP contribution is 2.30. The monoisotopic (exact) mass is 326 g/mol. The van der Waals surface area contributed by atoms with Crippen LogP contribution in [0, 0.1) is 5.92 Å². The van der Waals surface area contributed by atoms with Crippen molar-refractivity contribution < 1.29 is 0 Å². The molecule has 0 aromatic carbocycles. The van der Waals surface area contributed by atoms with E-state index < -0.39 is 0 Å². The van der Waals surface area contributed by atoms with Crippen molar-refractivity contribution >= 4 is 11.6 Å². The first-order valence-electron chi connectivity index (χ1n) is 8.62. The Labute approximate surface area is 140 Å². The summed E-state index contributed by atoms with van der Waals surface area (Å²) in [5.41, 5.74) is 0.0478. The first kappa shape index (κ1) is 15.1. The molecule has 0 unspecified atom stereocenters. The Morgan fingerprint density at radius 3 is 2.67 bits per heavy atom. The fourth-order valence-electron chi connectivity index (χ4n) is 3.20. The Morgan fingerprint density at radius 1 is 1.12 bits per heavy atom. The van der Waals surface area contributed by atoms with Gasteiger partial charge in [0.25, 0.3) is 5.56 Å². The van der Waals surface area contributed by atoms with Gasteiger partial charge in [0.1, 0.15) is 12.1 Å². The minimum atomic E-state index is 0.0478. The number of anilines is 2. The molecule has 1 N–H and O–H groups in total. The third kappa shape index (κ3) is 3.39. The van der Waals surface area contributed by atoms with Crippen LogP contribution in [0.5, 0.6) is 0 Å². The van der Waals surface area contributed by atoms with Crippen molar-refractivity contribution in [2.75, 3.05) is 23.3 Å². The van der Waals surface area contributed by atoms with E-state index in [0.29, 0.717) is 17.8 Å². The van der Waals surface area contributed by atoms with E-state index in [2.05, 4.69) is 25.2 Å². The Balaban J connectivity index is 1.39. The van der Waals surface area contributed by atoms with Crippen LogP contribution < -0.4 is 15.8 Å². The zero-order valence-corrected chi connectivity index (χ0v) is 13.6. The maximum absolute atomic E-state index is 12.6. The van der Waals surface area contributed by atoms with Gasteiger partial charge in [0.2, 0.25) is 0 Å². The average Bonchev–Trinajstić information content (AvgIpc) is 3.43.